The summed E-state index contributed by atoms with van der Waals surface area (Å²) < 4.78 is 38.7. The van der Waals surface area contributed by atoms with Gasteiger partial charge in [-0.15, -0.1) is 6.58 Å². The molecule has 5 atom stereocenters. The number of alkyl carbamates (subject to hydrolysis) is 1. The lowest BCUT2D eigenvalue weighted by Gasteiger charge is -2.31. The van der Waals surface area contributed by atoms with Crippen molar-refractivity contribution in [2.45, 2.75) is 94.3 Å². The van der Waals surface area contributed by atoms with Gasteiger partial charge in [-0.05, 0) is 61.1 Å². The fourth-order valence-corrected chi connectivity index (χ4v) is 8.33. The molecule has 3 aliphatic heterocycles. The molecule has 14 nitrogen and oxygen atoms in total. The number of fused-ring (bicyclic) bond motifs is 3. The minimum atomic E-state index is -3.90. The Morgan fingerprint density at radius 3 is 2.66 bits per heavy atom. The fourth-order valence-electron chi connectivity index (χ4n) is 6.97. The maximum Gasteiger partial charge on any atom is 0.410 e. The summed E-state index contributed by atoms with van der Waals surface area (Å²) in [6.45, 7) is 7.97. The molecular formula is C35H45N5O9S. The van der Waals surface area contributed by atoms with Crippen molar-refractivity contribution in [1.82, 2.24) is 25.2 Å². The molecule has 0 unspecified atom stereocenters. The molecule has 1 aromatic carbocycles. The van der Waals surface area contributed by atoms with Crippen LogP contribution in [0, 0.1) is 11.8 Å². The Bertz CT molecular complexity index is 1710. The van der Waals surface area contributed by atoms with Crippen LogP contribution in [0.15, 0.2) is 36.9 Å². The standard InChI is InChI=1S/C35H45N5O9S/c1-4-24-18-35(24,32(43)38-50(46,47)26-12-13-26)37-30(41)28-17-25-19-40(28)31(42)29(21(2)3)36-33(44)48-16-7-5-6-9-22-10-8-11-23-14-15-39(20-27(22)23)34(45)49-25/h4,6,8-11,21,24-26,28-29H,1,5,7,12-20H2,2-3H3,(H,36,44)(H,37,41)(H,38,43)/b9-6+/t24-,25+,28-,29-,35+/m0/s1. The van der Waals surface area contributed by atoms with E-state index >= 15 is 0 Å². The first-order valence-corrected chi connectivity index (χ1v) is 18.8. The second-order valence-electron chi connectivity index (χ2n) is 14.1. The van der Waals surface area contributed by atoms with Crippen LogP contribution < -0.4 is 15.4 Å². The first kappa shape index (κ1) is 35.4. The summed E-state index contributed by atoms with van der Waals surface area (Å²) in [6, 6.07) is 3.73. The van der Waals surface area contributed by atoms with Crippen LogP contribution in [0.25, 0.3) is 6.08 Å². The zero-order valence-electron chi connectivity index (χ0n) is 28.4. The van der Waals surface area contributed by atoms with E-state index in [0.29, 0.717) is 45.2 Å². The maximum absolute atomic E-state index is 14.1. The van der Waals surface area contributed by atoms with E-state index in [-0.39, 0.29) is 26.0 Å². The minimum absolute atomic E-state index is 0.0756. The molecule has 3 fully saturated rings. The molecule has 0 aromatic heterocycles. The highest BCUT2D eigenvalue weighted by molar-refractivity contribution is 7.91. The minimum Gasteiger partial charge on any atom is -0.450 e. The summed E-state index contributed by atoms with van der Waals surface area (Å²) >= 11 is 0. The molecule has 1 saturated heterocycles. The summed E-state index contributed by atoms with van der Waals surface area (Å²) in [5.74, 6) is -3.10. The molecule has 4 bridgehead atoms. The monoisotopic (exact) mass is 711 g/mol. The second kappa shape index (κ2) is 14.1. The van der Waals surface area contributed by atoms with E-state index in [1.165, 1.54) is 11.0 Å². The predicted molar refractivity (Wildman–Crippen MR) is 182 cm³/mol. The first-order valence-electron chi connectivity index (χ1n) is 17.3. The molecule has 3 N–H and O–H groups in total. The Balaban J connectivity index is 1.26. The van der Waals surface area contributed by atoms with E-state index in [1.807, 2.05) is 30.4 Å². The Hall–Kier alpha value is -4.40. The van der Waals surface area contributed by atoms with Crippen molar-refractivity contribution < 1.29 is 41.9 Å². The van der Waals surface area contributed by atoms with Crippen LogP contribution in [0.2, 0.25) is 0 Å². The van der Waals surface area contributed by atoms with E-state index in [1.54, 1.807) is 18.7 Å². The van der Waals surface area contributed by atoms with Gasteiger partial charge in [0.15, 0.2) is 0 Å². The molecule has 0 radical (unpaired) electrons. The van der Waals surface area contributed by atoms with E-state index < -0.39 is 80.7 Å². The number of allylic oxidation sites excluding steroid dienone is 1. The largest absolute Gasteiger partial charge is 0.450 e. The van der Waals surface area contributed by atoms with Crippen LogP contribution in [0.5, 0.6) is 0 Å². The molecule has 15 heteroatoms. The second-order valence-corrected chi connectivity index (χ2v) is 16.1. The van der Waals surface area contributed by atoms with Crippen LogP contribution in [0.1, 0.15) is 69.1 Å². The summed E-state index contributed by atoms with van der Waals surface area (Å²) in [7, 11) is -3.90. The number of nitrogens with one attached hydrogen (secondary N) is 3. The van der Waals surface area contributed by atoms with Crippen LogP contribution in [-0.2, 0) is 46.8 Å². The number of sulfonamides is 1. The van der Waals surface area contributed by atoms with Gasteiger partial charge in [-0.25, -0.2) is 18.0 Å². The van der Waals surface area contributed by atoms with Crippen LogP contribution in [0.4, 0.5) is 9.59 Å². The molecular weight excluding hydrogens is 666 g/mol. The number of benzene rings is 1. The third-order valence-electron chi connectivity index (χ3n) is 10.2. The lowest BCUT2D eigenvalue weighted by atomic mass is 9.94. The molecule has 2 saturated carbocycles. The SMILES string of the molecule is C=C[C@H]1C[C@]1(NC(=O)[C@@H]1C[C@@H]2CN1C(=O)[C@H](C(C)C)NC(=O)OCCC/C=C/c1cccc3c1CN(CC3)C(=O)O2)C(=O)NS(=O)(=O)C1CC1. The van der Waals surface area contributed by atoms with E-state index in [2.05, 4.69) is 21.9 Å². The lowest BCUT2D eigenvalue weighted by Crippen LogP contribution is -2.59. The van der Waals surface area contributed by atoms with E-state index in [9.17, 15) is 32.4 Å². The summed E-state index contributed by atoms with van der Waals surface area (Å²) in [6.07, 6.45) is 6.02. The normalized spacial score (nSPS) is 29.4. The van der Waals surface area contributed by atoms with Crippen molar-refractivity contribution in [2.75, 3.05) is 19.7 Å². The van der Waals surface area contributed by atoms with Crippen molar-refractivity contribution in [1.29, 1.82) is 0 Å². The van der Waals surface area contributed by atoms with Gasteiger partial charge in [-0.2, -0.15) is 0 Å². The number of amides is 5. The van der Waals surface area contributed by atoms with Crippen molar-refractivity contribution >= 4 is 46.0 Å². The number of hydrogen-bond acceptors (Lipinski definition) is 9. The molecule has 0 spiro atoms. The highest BCUT2D eigenvalue weighted by Crippen LogP contribution is 2.45. The molecule has 270 valence electrons. The number of hydrogen-bond donors (Lipinski definition) is 3. The molecule has 2 aliphatic carbocycles. The number of carbonyl (C=O) groups is 5. The van der Waals surface area contributed by atoms with Gasteiger partial charge >= 0.3 is 12.2 Å². The Morgan fingerprint density at radius 2 is 1.96 bits per heavy atom. The van der Waals surface area contributed by atoms with E-state index in [4.69, 9.17) is 9.47 Å². The highest BCUT2D eigenvalue weighted by atomic mass is 32.2. The lowest BCUT2D eigenvalue weighted by molar-refractivity contribution is -0.141. The summed E-state index contributed by atoms with van der Waals surface area (Å²) in [4.78, 5) is 70.8. The van der Waals surface area contributed by atoms with Gasteiger partial charge in [0, 0.05) is 25.4 Å². The number of nitrogens with zero attached hydrogens (tertiary/aromatic N) is 2. The molecule has 6 rings (SSSR count). The van der Waals surface area contributed by atoms with Crippen LogP contribution >= 0.6 is 0 Å². The topological polar surface area (TPSA) is 181 Å². The average molecular weight is 712 g/mol. The van der Waals surface area contributed by atoms with Crippen LogP contribution in [0.3, 0.4) is 0 Å². The van der Waals surface area contributed by atoms with Gasteiger partial charge in [-0.3, -0.25) is 19.1 Å². The quantitative estimate of drug-likeness (QED) is 0.358. The Labute approximate surface area is 292 Å². The molecule has 5 aliphatic rings. The maximum atomic E-state index is 14.1. The fraction of sp³-hybridized carbons (Fsp3) is 0.571. The smallest absolute Gasteiger partial charge is 0.410 e. The molecule has 5 amide bonds. The van der Waals surface area contributed by atoms with E-state index in [0.717, 1.165) is 16.7 Å². The summed E-state index contributed by atoms with van der Waals surface area (Å²) in [5, 5.41) is 4.73. The van der Waals surface area contributed by atoms with Crippen molar-refractivity contribution in [3.8, 4) is 0 Å². The third-order valence-corrected chi connectivity index (χ3v) is 12.0. The van der Waals surface area contributed by atoms with Crippen LogP contribution in [-0.4, -0.2) is 96.8 Å². The zero-order valence-corrected chi connectivity index (χ0v) is 29.2. The van der Waals surface area contributed by atoms with Gasteiger partial charge in [0.1, 0.15) is 23.7 Å². The van der Waals surface area contributed by atoms with Gasteiger partial charge in [0.25, 0.3) is 5.91 Å². The number of cyclic esters (lactones) is 1. The number of ether oxygens (including phenoxy) is 2. The van der Waals surface area contributed by atoms with Crippen molar-refractivity contribution in [2.24, 2.45) is 11.8 Å². The van der Waals surface area contributed by atoms with Crippen molar-refractivity contribution in [3.05, 3.63) is 53.6 Å². The molecule has 50 heavy (non-hydrogen) atoms. The first-order chi connectivity index (χ1) is 23.8. The summed E-state index contributed by atoms with van der Waals surface area (Å²) in [5.41, 5.74) is 1.56. The number of carbonyl (C=O) groups excluding carboxylic acids is 5. The average Bonchev–Trinajstić information content (AvgIpc) is 4.01. The van der Waals surface area contributed by atoms with Crippen molar-refractivity contribution in [3.63, 3.8) is 0 Å². The van der Waals surface area contributed by atoms with Gasteiger partial charge in [0.05, 0.1) is 18.4 Å². The predicted octanol–water partition coefficient (Wildman–Crippen LogP) is 2.38. The molecule has 3 heterocycles. The Morgan fingerprint density at radius 1 is 1.18 bits per heavy atom. The highest BCUT2D eigenvalue weighted by Gasteiger charge is 2.62. The zero-order chi connectivity index (χ0) is 35.8. The van der Waals surface area contributed by atoms with Gasteiger partial charge in [-0.1, -0.05) is 50.3 Å². The third kappa shape index (κ3) is 7.37. The van der Waals surface area contributed by atoms with Gasteiger partial charge in [0.2, 0.25) is 21.8 Å². The Kier molecular flexibility index (Phi) is 9.98. The molecule has 1 aromatic rings. The van der Waals surface area contributed by atoms with Gasteiger partial charge < -0.3 is 29.9 Å². The number of rotatable bonds is 7.